The molecule has 2 atom stereocenters. The molecular weight excluding hydrogens is 274 g/mol. The summed E-state index contributed by atoms with van der Waals surface area (Å²) >= 11 is 1.95. The minimum atomic E-state index is -0.112. The van der Waals surface area contributed by atoms with Crippen LogP contribution in [0.1, 0.15) is 44.1 Å². The Balaban J connectivity index is 1.77. The predicted molar refractivity (Wildman–Crippen MR) is 80.8 cm³/mol. The number of aromatic nitrogens is 1. The lowest BCUT2D eigenvalue weighted by Gasteiger charge is -2.31. The van der Waals surface area contributed by atoms with E-state index in [1.54, 1.807) is 0 Å². The molecule has 2 rings (SSSR count). The van der Waals surface area contributed by atoms with E-state index in [1.807, 2.05) is 24.8 Å². The third kappa shape index (κ3) is 4.44. The highest BCUT2D eigenvalue weighted by Gasteiger charge is 2.26. The van der Waals surface area contributed by atoms with Crippen LogP contribution < -0.4 is 10.6 Å². The summed E-state index contributed by atoms with van der Waals surface area (Å²) in [5.41, 5.74) is 0.751. The fourth-order valence-corrected chi connectivity index (χ4v) is 3.76. The number of rotatable bonds is 5. The number of thioether (sulfide) groups is 1. The van der Waals surface area contributed by atoms with Gasteiger partial charge in [0.05, 0.1) is 6.54 Å². The SMILES string of the molecule is CCS[C@H]1CCCC[C@H]1NC(=O)NCc1cc(C)on1. The maximum Gasteiger partial charge on any atom is 0.315 e. The van der Waals surface area contributed by atoms with Crippen LogP contribution in [0.2, 0.25) is 0 Å². The lowest BCUT2D eigenvalue weighted by Crippen LogP contribution is -2.47. The van der Waals surface area contributed by atoms with E-state index < -0.39 is 0 Å². The van der Waals surface area contributed by atoms with Crippen LogP contribution in [-0.2, 0) is 6.54 Å². The Labute approximate surface area is 124 Å². The highest BCUT2D eigenvalue weighted by molar-refractivity contribution is 7.99. The number of nitrogens with one attached hydrogen (secondary N) is 2. The van der Waals surface area contributed by atoms with Gasteiger partial charge in [0.2, 0.25) is 0 Å². The molecule has 20 heavy (non-hydrogen) atoms. The minimum absolute atomic E-state index is 0.112. The Morgan fingerprint density at radius 1 is 1.50 bits per heavy atom. The van der Waals surface area contributed by atoms with Crippen LogP contribution in [0.25, 0.3) is 0 Å². The Morgan fingerprint density at radius 2 is 2.30 bits per heavy atom. The summed E-state index contributed by atoms with van der Waals surface area (Å²) in [6.07, 6.45) is 4.75. The number of carbonyl (C=O) groups is 1. The van der Waals surface area contributed by atoms with E-state index in [0.717, 1.165) is 23.6 Å². The molecule has 1 fully saturated rings. The van der Waals surface area contributed by atoms with Gasteiger partial charge in [0.25, 0.3) is 0 Å². The lowest BCUT2D eigenvalue weighted by atomic mass is 9.95. The van der Waals surface area contributed by atoms with E-state index in [1.165, 1.54) is 19.3 Å². The number of hydrogen-bond acceptors (Lipinski definition) is 4. The van der Waals surface area contributed by atoms with Crippen molar-refractivity contribution < 1.29 is 9.32 Å². The second-order valence-electron chi connectivity index (χ2n) is 5.14. The first kappa shape index (κ1) is 15.2. The molecule has 0 aromatic carbocycles. The predicted octanol–water partition coefficient (Wildman–Crippen LogP) is 2.85. The third-order valence-corrected chi connectivity index (χ3v) is 4.83. The Kier molecular flexibility index (Phi) is 5.76. The molecule has 0 aliphatic heterocycles. The van der Waals surface area contributed by atoms with Crippen LogP contribution in [0.15, 0.2) is 10.6 Å². The number of amides is 2. The molecule has 1 aliphatic carbocycles. The van der Waals surface area contributed by atoms with Gasteiger partial charge >= 0.3 is 6.03 Å². The highest BCUT2D eigenvalue weighted by Crippen LogP contribution is 2.28. The fourth-order valence-electron chi connectivity index (χ4n) is 2.57. The van der Waals surface area contributed by atoms with Gasteiger partial charge in [-0.25, -0.2) is 4.79 Å². The van der Waals surface area contributed by atoms with E-state index >= 15 is 0 Å². The molecule has 0 bridgehead atoms. The van der Waals surface area contributed by atoms with Crippen molar-refractivity contribution in [3.63, 3.8) is 0 Å². The smallest absolute Gasteiger partial charge is 0.315 e. The first-order chi connectivity index (χ1) is 9.69. The molecular formula is C14H23N3O2S. The van der Waals surface area contributed by atoms with Crippen molar-refractivity contribution in [3.8, 4) is 0 Å². The first-order valence-electron chi connectivity index (χ1n) is 7.27. The molecule has 0 radical (unpaired) electrons. The highest BCUT2D eigenvalue weighted by atomic mass is 32.2. The zero-order valence-electron chi connectivity index (χ0n) is 12.1. The van der Waals surface area contributed by atoms with E-state index in [4.69, 9.17) is 4.52 Å². The molecule has 1 aromatic heterocycles. The van der Waals surface area contributed by atoms with Crippen LogP contribution in [0, 0.1) is 6.92 Å². The average molecular weight is 297 g/mol. The molecule has 2 N–H and O–H groups in total. The first-order valence-corrected chi connectivity index (χ1v) is 8.32. The van der Waals surface area contributed by atoms with Crippen LogP contribution in [0.5, 0.6) is 0 Å². The summed E-state index contributed by atoms with van der Waals surface area (Å²) in [5, 5.41) is 10.3. The van der Waals surface area contributed by atoms with Crippen molar-refractivity contribution in [3.05, 3.63) is 17.5 Å². The quantitative estimate of drug-likeness (QED) is 0.877. The molecule has 0 unspecified atom stereocenters. The average Bonchev–Trinajstić information content (AvgIpc) is 2.85. The molecule has 2 amide bonds. The number of urea groups is 1. The second-order valence-corrected chi connectivity index (χ2v) is 6.66. The summed E-state index contributed by atoms with van der Waals surface area (Å²) in [7, 11) is 0. The number of nitrogens with zero attached hydrogens (tertiary/aromatic N) is 1. The van der Waals surface area contributed by atoms with Crippen LogP contribution >= 0.6 is 11.8 Å². The zero-order chi connectivity index (χ0) is 14.4. The van der Waals surface area contributed by atoms with Crippen molar-refractivity contribution >= 4 is 17.8 Å². The van der Waals surface area contributed by atoms with Crippen LogP contribution in [0.4, 0.5) is 4.79 Å². The van der Waals surface area contributed by atoms with Gasteiger partial charge in [-0.05, 0) is 25.5 Å². The van der Waals surface area contributed by atoms with Crippen molar-refractivity contribution in [2.24, 2.45) is 0 Å². The molecule has 6 heteroatoms. The summed E-state index contributed by atoms with van der Waals surface area (Å²) in [6, 6.07) is 2.00. The molecule has 1 heterocycles. The lowest BCUT2D eigenvalue weighted by molar-refractivity contribution is 0.232. The van der Waals surface area contributed by atoms with Gasteiger partial charge in [0.15, 0.2) is 0 Å². The van der Waals surface area contributed by atoms with E-state index in [0.29, 0.717) is 11.8 Å². The van der Waals surface area contributed by atoms with Gasteiger partial charge in [-0.2, -0.15) is 11.8 Å². The second kappa shape index (κ2) is 7.57. The standard InChI is InChI=1S/C14H23N3O2S/c1-3-20-13-7-5-4-6-12(13)16-14(18)15-9-11-8-10(2)19-17-11/h8,12-13H,3-7,9H2,1-2H3,(H2,15,16,18)/t12-,13+/m1/s1. The number of hydrogen-bond donors (Lipinski definition) is 2. The molecule has 1 saturated carbocycles. The van der Waals surface area contributed by atoms with E-state index in [2.05, 4.69) is 22.7 Å². The summed E-state index contributed by atoms with van der Waals surface area (Å²) in [5.74, 6) is 1.86. The Bertz CT molecular complexity index is 434. The monoisotopic (exact) mass is 297 g/mol. The Hall–Kier alpha value is -1.17. The Morgan fingerprint density at radius 3 is 3.00 bits per heavy atom. The maximum absolute atomic E-state index is 12.0. The fraction of sp³-hybridized carbons (Fsp3) is 0.714. The number of aryl methyl sites for hydroxylation is 1. The van der Waals surface area contributed by atoms with Gasteiger partial charge < -0.3 is 15.2 Å². The van der Waals surface area contributed by atoms with Gasteiger partial charge in [0.1, 0.15) is 11.5 Å². The molecule has 5 nitrogen and oxygen atoms in total. The van der Waals surface area contributed by atoms with Crippen molar-refractivity contribution in [2.45, 2.75) is 57.4 Å². The maximum atomic E-state index is 12.0. The van der Waals surface area contributed by atoms with Gasteiger partial charge in [-0.3, -0.25) is 0 Å². The normalized spacial score (nSPS) is 22.5. The summed E-state index contributed by atoms with van der Waals surface area (Å²) in [4.78, 5) is 12.0. The number of carbonyl (C=O) groups excluding carboxylic acids is 1. The molecule has 1 aliphatic rings. The summed E-state index contributed by atoms with van der Waals surface area (Å²) < 4.78 is 4.97. The van der Waals surface area contributed by atoms with Crippen molar-refractivity contribution in [1.82, 2.24) is 15.8 Å². The topological polar surface area (TPSA) is 67.2 Å². The minimum Gasteiger partial charge on any atom is -0.361 e. The van der Waals surface area contributed by atoms with E-state index in [9.17, 15) is 4.79 Å². The van der Waals surface area contributed by atoms with Crippen molar-refractivity contribution in [1.29, 1.82) is 0 Å². The molecule has 1 aromatic rings. The molecule has 112 valence electrons. The van der Waals surface area contributed by atoms with Crippen LogP contribution in [0.3, 0.4) is 0 Å². The van der Waals surface area contributed by atoms with Gasteiger partial charge in [-0.1, -0.05) is 24.9 Å². The van der Waals surface area contributed by atoms with E-state index in [-0.39, 0.29) is 12.1 Å². The van der Waals surface area contributed by atoms with Crippen LogP contribution in [-0.4, -0.2) is 28.2 Å². The molecule has 0 saturated heterocycles. The van der Waals surface area contributed by atoms with Crippen molar-refractivity contribution in [2.75, 3.05) is 5.75 Å². The van der Waals surface area contributed by atoms with Gasteiger partial charge in [0, 0.05) is 17.4 Å². The third-order valence-electron chi connectivity index (χ3n) is 3.51. The zero-order valence-corrected chi connectivity index (χ0v) is 13.0. The largest absolute Gasteiger partial charge is 0.361 e. The molecule has 0 spiro atoms. The summed E-state index contributed by atoms with van der Waals surface area (Å²) in [6.45, 7) is 4.41. The van der Waals surface area contributed by atoms with Gasteiger partial charge in [-0.15, -0.1) is 0 Å².